The molecule has 0 bridgehead atoms. The fraction of sp³-hybridized carbons (Fsp3) is 0.250. The van der Waals surface area contributed by atoms with E-state index in [1.807, 2.05) is 12.3 Å². The summed E-state index contributed by atoms with van der Waals surface area (Å²) in [5, 5.41) is 18.6. The van der Waals surface area contributed by atoms with Crippen LogP contribution in [-0.2, 0) is 11.3 Å². The molecule has 2 rings (SSSR count). The smallest absolute Gasteiger partial charge is 0.331 e. The van der Waals surface area contributed by atoms with Crippen LogP contribution in [-0.4, -0.2) is 22.1 Å². The summed E-state index contributed by atoms with van der Waals surface area (Å²) in [5.41, 5.74) is 0.897. The minimum absolute atomic E-state index is 0.279. The molecular weight excluding hydrogens is 298 g/mol. The van der Waals surface area contributed by atoms with Crippen molar-refractivity contribution in [2.75, 3.05) is 0 Å². The van der Waals surface area contributed by atoms with Crippen LogP contribution < -0.4 is 10.6 Å². The average molecular weight is 311 g/mol. The number of nitrogens with one attached hydrogen (secondary N) is 2. The van der Waals surface area contributed by atoms with Crippen molar-refractivity contribution in [3.05, 3.63) is 38.5 Å². The third kappa shape index (κ3) is 3.78. The van der Waals surface area contributed by atoms with Crippen molar-refractivity contribution in [1.29, 1.82) is 0 Å². The molecule has 0 spiro atoms. The molecule has 1 atom stereocenters. The highest BCUT2D eigenvalue weighted by atomic mass is 32.1. The predicted octanol–water partition coefficient (Wildman–Crippen LogP) is 2.14. The van der Waals surface area contributed by atoms with Crippen molar-refractivity contribution in [3.63, 3.8) is 0 Å². The number of urea groups is 1. The van der Waals surface area contributed by atoms with E-state index in [4.69, 9.17) is 5.11 Å². The van der Waals surface area contributed by atoms with Crippen molar-refractivity contribution in [2.45, 2.75) is 19.5 Å². The lowest BCUT2D eigenvalue weighted by molar-refractivity contribution is -0.139. The molecule has 6 nitrogen and oxygen atoms in total. The van der Waals surface area contributed by atoms with Crippen LogP contribution in [0.25, 0.3) is 0 Å². The molecule has 3 N–H and O–H groups in total. The van der Waals surface area contributed by atoms with Gasteiger partial charge in [-0.25, -0.2) is 14.6 Å². The fourth-order valence-electron chi connectivity index (χ4n) is 1.53. The highest BCUT2D eigenvalue weighted by molar-refractivity contribution is 7.10. The summed E-state index contributed by atoms with van der Waals surface area (Å²) in [6.45, 7) is 2.15. The number of aliphatic carboxylic acids is 1. The second-order valence-corrected chi connectivity index (χ2v) is 5.92. The number of carbonyl (C=O) groups is 2. The number of aromatic nitrogens is 1. The maximum atomic E-state index is 11.7. The van der Waals surface area contributed by atoms with E-state index in [-0.39, 0.29) is 6.54 Å². The van der Waals surface area contributed by atoms with E-state index in [2.05, 4.69) is 15.6 Å². The third-order valence-electron chi connectivity index (χ3n) is 2.42. The van der Waals surface area contributed by atoms with Crippen molar-refractivity contribution >= 4 is 34.7 Å². The minimum Gasteiger partial charge on any atom is -0.479 e. The van der Waals surface area contributed by atoms with Crippen LogP contribution in [0.1, 0.15) is 21.6 Å². The molecule has 0 fully saturated rings. The lowest BCUT2D eigenvalue weighted by Gasteiger charge is -2.13. The Kier molecular flexibility index (Phi) is 4.70. The van der Waals surface area contributed by atoms with Gasteiger partial charge in [0.15, 0.2) is 6.04 Å². The summed E-state index contributed by atoms with van der Waals surface area (Å²) in [4.78, 5) is 27.7. The molecule has 106 valence electrons. The van der Waals surface area contributed by atoms with Gasteiger partial charge in [-0.1, -0.05) is 6.07 Å². The molecule has 0 saturated heterocycles. The molecule has 2 aromatic rings. The molecule has 0 saturated carbocycles. The maximum absolute atomic E-state index is 11.7. The zero-order valence-corrected chi connectivity index (χ0v) is 12.3. The molecule has 0 aliphatic heterocycles. The largest absolute Gasteiger partial charge is 0.479 e. The number of aryl methyl sites for hydroxylation is 1. The van der Waals surface area contributed by atoms with Gasteiger partial charge in [-0.3, -0.25) is 0 Å². The Morgan fingerprint density at radius 3 is 2.80 bits per heavy atom. The van der Waals surface area contributed by atoms with Crippen molar-refractivity contribution in [1.82, 2.24) is 15.6 Å². The first-order valence-electron chi connectivity index (χ1n) is 5.78. The number of carboxylic acid groups (broad SMARTS) is 1. The van der Waals surface area contributed by atoms with Crippen molar-refractivity contribution in [3.8, 4) is 0 Å². The standard InChI is InChI=1S/C12H13N3O3S2/c1-7-6-20-9(14-7)5-13-12(18)15-10(11(16)17)8-3-2-4-19-8/h2-4,6,10H,5H2,1H3,(H,16,17)(H2,13,15,18). The Morgan fingerprint density at radius 1 is 1.45 bits per heavy atom. The number of hydrogen-bond donors (Lipinski definition) is 3. The Labute approximate surface area is 123 Å². The first kappa shape index (κ1) is 14.5. The third-order valence-corrected chi connectivity index (χ3v) is 4.32. The monoisotopic (exact) mass is 311 g/mol. The van der Waals surface area contributed by atoms with Crippen LogP contribution in [0.5, 0.6) is 0 Å². The van der Waals surface area contributed by atoms with Gasteiger partial charge in [-0.2, -0.15) is 0 Å². The molecule has 2 amide bonds. The summed E-state index contributed by atoms with van der Waals surface area (Å²) in [6, 6.07) is 1.86. The molecule has 2 heterocycles. The summed E-state index contributed by atoms with van der Waals surface area (Å²) in [7, 11) is 0. The number of nitrogens with zero attached hydrogens (tertiary/aromatic N) is 1. The summed E-state index contributed by atoms with van der Waals surface area (Å²) >= 11 is 2.73. The van der Waals surface area contributed by atoms with Crippen LogP contribution in [0.15, 0.2) is 22.9 Å². The Morgan fingerprint density at radius 2 is 2.25 bits per heavy atom. The molecule has 20 heavy (non-hydrogen) atoms. The fourth-order valence-corrected chi connectivity index (χ4v) is 3.01. The van der Waals surface area contributed by atoms with Gasteiger partial charge < -0.3 is 15.7 Å². The summed E-state index contributed by atoms with van der Waals surface area (Å²) < 4.78 is 0. The van der Waals surface area contributed by atoms with E-state index in [0.29, 0.717) is 4.88 Å². The zero-order valence-electron chi connectivity index (χ0n) is 10.6. The number of amides is 2. The SMILES string of the molecule is Cc1csc(CNC(=O)NC(C(=O)O)c2cccs2)n1. The van der Waals surface area contributed by atoms with Gasteiger partial charge in [0.05, 0.1) is 6.54 Å². The van der Waals surface area contributed by atoms with Gasteiger partial charge in [0.1, 0.15) is 5.01 Å². The molecular formula is C12H13N3O3S2. The van der Waals surface area contributed by atoms with Crippen LogP contribution in [0.3, 0.4) is 0 Å². The van der Waals surface area contributed by atoms with Gasteiger partial charge in [-0.15, -0.1) is 22.7 Å². The average Bonchev–Trinajstić information content (AvgIpc) is 3.04. The highest BCUT2D eigenvalue weighted by Crippen LogP contribution is 2.19. The van der Waals surface area contributed by atoms with Crippen LogP contribution in [0.4, 0.5) is 4.79 Å². The second-order valence-electron chi connectivity index (χ2n) is 4.00. The van der Waals surface area contributed by atoms with Gasteiger partial charge in [0.25, 0.3) is 0 Å². The van der Waals surface area contributed by atoms with Crippen LogP contribution >= 0.6 is 22.7 Å². The number of thiophene rings is 1. The molecule has 0 aliphatic rings. The lowest BCUT2D eigenvalue weighted by Crippen LogP contribution is -2.40. The number of hydrogen-bond acceptors (Lipinski definition) is 5. The van der Waals surface area contributed by atoms with E-state index in [1.54, 1.807) is 17.5 Å². The van der Waals surface area contributed by atoms with E-state index in [0.717, 1.165) is 10.7 Å². The first-order valence-corrected chi connectivity index (χ1v) is 7.54. The van der Waals surface area contributed by atoms with Crippen LogP contribution in [0.2, 0.25) is 0 Å². The van der Waals surface area contributed by atoms with E-state index in [9.17, 15) is 9.59 Å². The number of carboxylic acids is 1. The maximum Gasteiger partial charge on any atom is 0.331 e. The van der Waals surface area contributed by atoms with Gasteiger partial charge in [-0.05, 0) is 18.4 Å². The van der Waals surface area contributed by atoms with Crippen molar-refractivity contribution < 1.29 is 14.7 Å². The molecule has 1 unspecified atom stereocenters. The normalized spacial score (nSPS) is 11.8. The van der Waals surface area contributed by atoms with Crippen molar-refractivity contribution in [2.24, 2.45) is 0 Å². The van der Waals surface area contributed by atoms with Crippen LogP contribution in [0, 0.1) is 6.92 Å². The topological polar surface area (TPSA) is 91.3 Å². The minimum atomic E-state index is -1.09. The number of thiazole rings is 1. The van der Waals surface area contributed by atoms with Gasteiger partial charge >= 0.3 is 12.0 Å². The molecule has 0 radical (unpaired) electrons. The summed E-state index contributed by atoms with van der Waals surface area (Å²) in [5.74, 6) is -1.09. The first-order chi connectivity index (χ1) is 9.56. The Balaban J connectivity index is 1.90. The number of carbonyl (C=O) groups excluding carboxylic acids is 1. The quantitative estimate of drug-likeness (QED) is 0.789. The van der Waals surface area contributed by atoms with E-state index < -0.39 is 18.0 Å². The highest BCUT2D eigenvalue weighted by Gasteiger charge is 2.22. The number of rotatable bonds is 5. The van der Waals surface area contributed by atoms with Gasteiger partial charge in [0, 0.05) is 16.0 Å². The Hall–Kier alpha value is -1.93. The lowest BCUT2D eigenvalue weighted by atomic mass is 10.2. The molecule has 8 heteroatoms. The summed E-state index contributed by atoms with van der Waals surface area (Å²) in [6.07, 6.45) is 0. The second kappa shape index (κ2) is 6.49. The zero-order chi connectivity index (χ0) is 14.5. The predicted molar refractivity (Wildman–Crippen MR) is 76.9 cm³/mol. The van der Waals surface area contributed by atoms with E-state index >= 15 is 0 Å². The molecule has 0 aliphatic carbocycles. The Bertz CT molecular complexity index is 595. The van der Waals surface area contributed by atoms with Gasteiger partial charge in [0.2, 0.25) is 0 Å². The van der Waals surface area contributed by atoms with E-state index in [1.165, 1.54) is 22.7 Å². The molecule has 0 aromatic carbocycles. The molecule has 2 aromatic heterocycles.